The van der Waals surface area contributed by atoms with Gasteiger partial charge in [0.15, 0.2) is 0 Å². The summed E-state index contributed by atoms with van der Waals surface area (Å²) in [5.41, 5.74) is 0. The number of rotatable bonds is 0. The predicted molar refractivity (Wildman–Crippen MR) is 17.1 cm³/mol. The molecule has 8 heavy (non-hydrogen) atoms. The summed E-state index contributed by atoms with van der Waals surface area (Å²) in [4.78, 5) is 8.33. The van der Waals surface area contributed by atoms with Crippen molar-refractivity contribution in [2.24, 2.45) is 0 Å². The van der Waals surface area contributed by atoms with Crippen LogP contribution >= 0.6 is 20.3 Å². The second kappa shape index (κ2) is 15.7. The zero-order valence-corrected chi connectivity index (χ0v) is 6.74. The van der Waals surface area contributed by atoms with E-state index in [1.807, 2.05) is 0 Å². The largest absolute Gasteiger partial charge is 2.00 e. The zero-order chi connectivity index (χ0) is 6.28. The third-order valence-electron chi connectivity index (χ3n) is 0. The van der Waals surface area contributed by atoms with Crippen LogP contribution in [-0.4, -0.2) is 6.16 Å². The molecule has 3 nitrogen and oxygen atoms in total. The Labute approximate surface area is 71.0 Å². The number of carbonyl (C=O) groups is 1. The first kappa shape index (κ1) is 15.9. The second-order valence-electron chi connectivity index (χ2n) is 0.298. The number of hydrogen-bond acceptors (Lipinski definition) is 3. The molecule has 0 rings (SSSR count). The number of hydrogen-bond donors (Lipinski definition) is 0. The van der Waals surface area contributed by atoms with Gasteiger partial charge in [-0.3, -0.25) is 0 Å². The van der Waals surface area contributed by atoms with Gasteiger partial charge >= 0.3 is 50.0 Å². The first-order valence-corrected chi connectivity index (χ1v) is 3.73. The Morgan fingerprint density at radius 1 is 1.38 bits per heavy atom. The van der Waals surface area contributed by atoms with Gasteiger partial charge in [0.2, 0.25) is 0 Å². The Hall–Kier alpha value is 0.863. The van der Waals surface area contributed by atoms with Gasteiger partial charge in [0.1, 0.15) is 0 Å². The third kappa shape index (κ3) is 317. The molecule has 0 aromatic heterocycles. The normalized spacial score (nSPS) is 5.75. The van der Waals surface area contributed by atoms with Gasteiger partial charge in [-0.15, -0.1) is 0 Å². The molecule has 0 saturated heterocycles. The molecule has 0 bridgehead atoms. The fraction of sp³-hybridized carbons (Fsp3) is 0. The zero-order valence-electron chi connectivity index (χ0n) is 3.15. The number of carboxylic acid groups (broad SMARTS) is 2. The maximum atomic E-state index is 8.33. The second-order valence-corrected chi connectivity index (χ2v) is 2.02. The molecule has 0 aromatic rings. The predicted octanol–water partition coefficient (Wildman–Crippen LogP) is -1.07. The summed E-state index contributed by atoms with van der Waals surface area (Å²) in [7, 11) is 9.47. The van der Waals surface area contributed by atoms with Crippen molar-refractivity contribution >= 4 is 26.4 Å². The first-order chi connectivity index (χ1) is 3.15. The number of halogens is 2. The molecular formula is CCl2Co2O3. The minimum absolute atomic E-state index is 0. The van der Waals surface area contributed by atoms with E-state index in [-0.39, 0.29) is 16.8 Å². The number of carbonyl (C=O) groups excluding carboxylic acids is 1. The monoisotopic (exact) mass is 248 g/mol. The van der Waals surface area contributed by atoms with Crippen molar-refractivity contribution < 1.29 is 44.7 Å². The van der Waals surface area contributed by atoms with Crippen LogP contribution in [0, 0.1) is 0 Å². The van der Waals surface area contributed by atoms with Gasteiger partial charge < -0.3 is 15.0 Å². The average molecular weight is 249 g/mol. The first-order valence-electron chi connectivity index (χ1n) is 0.864. The van der Waals surface area contributed by atoms with Gasteiger partial charge in [0, 0.05) is 0 Å². The summed E-state index contributed by atoms with van der Waals surface area (Å²) in [6, 6.07) is 0. The summed E-state index contributed by atoms with van der Waals surface area (Å²) in [5.74, 6) is 0. The Morgan fingerprint density at radius 2 is 1.38 bits per heavy atom. The van der Waals surface area contributed by atoms with Gasteiger partial charge in [-0.2, -0.15) is 0 Å². The standard InChI is InChI=1S/CH2O3.2ClH.2Co/c2-1(3)4;;;;/h(H2,2,3,4);2*1H;;/q;;;2*+2/p-4. The fourth-order valence-corrected chi connectivity index (χ4v) is 0. The van der Waals surface area contributed by atoms with E-state index in [1.54, 1.807) is 0 Å². The Balaban J connectivity index is -0.0000000575. The summed E-state index contributed by atoms with van der Waals surface area (Å²) in [6.45, 7) is 0. The Kier molecular flexibility index (Phi) is 31.2. The smallest absolute Gasteiger partial charge is 2.00 e. The molecule has 0 saturated carbocycles. The molecule has 0 fully saturated rings. The SMILES string of the molecule is O=C([O-])[O-].[Cl][Co][Cl].[Co+2]. The van der Waals surface area contributed by atoms with Crippen molar-refractivity contribution in [3.8, 4) is 0 Å². The third-order valence-corrected chi connectivity index (χ3v) is 0. The van der Waals surface area contributed by atoms with E-state index >= 15 is 0 Å². The molecule has 0 unspecified atom stereocenters. The molecule has 0 atom stereocenters. The molecule has 7 heteroatoms. The topological polar surface area (TPSA) is 63.2 Å². The van der Waals surface area contributed by atoms with Crippen LogP contribution in [0.1, 0.15) is 0 Å². The molecule has 54 valence electrons. The van der Waals surface area contributed by atoms with Crippen molar-refractivity contribution in [3.63, 3.8) is 0 Å². The van der Waals surface area contributed by atoms with Crippen LogP contribution in [0.5, 0.6) is 0 Å². The van der Waals surface area contributed by atoms with Crippen molar-refractivity contribution in [2.75, 3.05) is 0 Å². The maximum Gasteiger partial charge on any atom is 2.00 e. The molecular weight excluding hydrogens is 249 g/mol. The summed E-state index contributed by atoms with van der Waals surface area (Å²) in [6.07, 6.45) is -2.33. The van der Waals surface area contributed by atoms with E-state index in [0.29, 0.717) is 12.9 Å². The summed E-state index contributed by atoms with van der Waals surface area (Å²) < 4.78 is 0. The molecule has 0 aliphatic carbocycles. The van der Waals surface area contributed by atoms with Crippen LogP contribution in [0.25, 0.3) is 0 Å². The van der Waals surface area contributed by atoms with Gasteiger partial charge in [0.25, 0.3) is 0 Å². The van der Waals surface area contributed by atoms with Crippen molar-refractivity contribution in [1.29, 1.82) is 0 Å². The van der Waals surface area contributed by atoms with Crippen LogP contribution in [0.4, 0.5) is 4.79 Å². The molecule has 0 amide bonds. The van der Waals surface area contributed by atoms with Crippen LogP contribution < -0.4 is 10.2 Å². The van der Waals surface area contributed by atoms with Crippen LogP contribution in [0.2, 0.25) is 0 Å². The molecule has 0 aromatic carbocycles. The average Bonchev–Trinajstić information content (AvgIpc) is 1.33. The van der Waals surface area contributed by atoms with Crippen LogP contribution in [-0.2, 0) is 29.7 Å². The molecule has 1 radical (unpaired) electrons. The molecule has 0 N–H and O–H groups in total. The van der Waals surface area contributed by atoms with E-state index < -0.39 is 6.16 Å². The van der Waals surface area contributed by atoms with E-state index in [9.17, 15) is 0 Å². The van der Waals surface area contributed by atoms with E-state index in [0.717, 1.165) is 0 Å². The van der Waals surface area contributed by atoms with E-state index in [4.69, 9.17) is 35.3 Å². The van der Waals surface area contributed by atoms with Gasteiger partial charge in [-0.1, -0.05) is 0 Å². The van der Waals surface area contributed by atoms with Crippen LogP contribution in [0.15, 0.2) is 0 Å². The molecule has 0 aliphatic rings. The summed E-state index contributed by atoms with van der Waals surface area (Å²) in [5, 5.41) is 16.7. The molecule has 0 heterocycles. The van der Waals surface area contributed by atoms with E-state index in [1.165, 1.54) is 0 Å². The maximum absolute atomic E-state index is 8.33. The molecule has 0 aliphatic heterocycles. The van der Waals surface area contributed by atoms with Crippen LogP contribution in [0.3, 0.4) is 0 Å². The minimum atomic E-state index is -2.33. The van der Waals surface area contributed by atoms with Crippen molar-refractivity contribution in [2.45, 2.75) is 0 Å². The fourth-order valence-electron chi connectivity index (χ4n) is 0. The van der Waals surface area contributed by atoms with Gasteiger partial charge in [0.05, 0.1) is 0 Å². The Bertz CT molecular complexity index is 46.5. The van der Waals surface area contributed by atoms with Gasteiger partial charge in [-0.25, -0.2) is 0 Å². The van der Waals surface area contributed by atoms with Crippen molar-refractivity contribution in [3.05, 3.63) is 0 Å². The summed E-state index contributed by atoms with van der Waals surface area (Å²) >= 11 is 0.382. The molecule has 0 spiro atoms. The minimum Gasteiger partial charge on any atom is 2.00 e. The van der Waals surface area contributed by atoms with Crippen molar-refractivity contribution in [1.82, 2.24) is 0 Å². The van der Waals surface area contributed by atoms with E-state index in [2.05, 4.69) is 0 Å². The van der Waals surface area contributed by atoms with Gasteiger partial charge in [-0.05, 0) is 6.16 Å². The quantitative estimate of drug-likeness (QED) is 0.548. The Morgan fingerprint density at radius 3 is 1.38 bits per heavy atom.